The molecule has 21 heavy (non-hydrogen) atoms. The molecule has 2 aromatic heterocycles. The Morgan fingerprint density at radius 2 is 2.00 bits per heavy atom. The van der Waals surface area contributed by atoms with Gasteiger partial charge in [0, 0.05) is 17.7 Å². The maximum atomic E-state index is 5.45. The zero-order valence-electron chi connectivity index (χ0n) is 12.7. The minimum absolute atomic E-state index is 0.113. The van der Waals surface area contributed by atoms with Crippen LogP contribution < -0.4 is 5.32 Å². The largest absolute Gasteiger partial charge is 0.339 e. The van der Waals surface area contributed by atoms with Gasteiger partial charge < -0.3 is 9.84 Å². The number of nitrogens with zero attached hydrogens (tertiary/aromatic N) is 3. The fourth-order valence-electron chi connectivity index (χ4n) is 3.13. The SMILES string of the molecule is CNC1(Cc2nc(-c3cccc(C)n3)no2)CCCCC1. The number of rotatable bonds is 4. The van der Waals surface area contributed by atoms with Crippen LogP contribution in [0.5, 0.6) is 0 Å². The van der Waals surface area contributed by atoms with Gasteiger partial charge in [0.2, 0.25) is 11.7 Å². The van der Waals surface area contributed by atoms with Gasteiger partial charge in [-0.25, -0.2) is 4.98 Å². The molecule has 112 valence electrons. The van der Waals surface area contributed by atoms with Crippen molar-refractivity contribution in [3.8, 4) is 11.5 Å². The maximum Gasteiger partial charge on any atom is 0.228 e. The number of nitrogens with one attached hydrogen (secondary N) is 1. The molecule has 0 aliphatic heterocycles. The smallest absolute Gasteiger partial charge is 0.228 e. The Hall–Kier alpha value is -1.75. The Labute approximate surface area is 125 Å². The standard InChI is InChI=1S/C16H22N4O/c1-12-7-6-8-13(18-12)15-19-14(21-20-15)11-16(17-2)9-4-3-5-10-16/h6-8,17H,3-5,9-11H2,1-2H3. The fourth-order valence-corrected chi connectivity index (χ4v) is 3.13. The fraction of sp³-hybridized carbons (Fsp3) is 0.562. The molecule has 1 aliphatic rings. The van der Waals surface area contributed by atoms with Gasteiger partial charge >= 0.3 is 0 Å². The molecule has 0 spiro atoms. The molecule has 3 rings (SSSR count). The van der Waals surface area contributed by atoms with Crippen LogP contribution in [-0.2, 0) is 6.42 Å². The third kappa shape index (κ3) is 3.13. The lowest BCUT2D eigenvalue weighted by Crippen LogP contribution is -2.46. The normalized spacial score (nSPS) is 17.8. The third-order valence-electron chi connectivity index (χ3n) is 4.42. The number of hydrogen-bond donors (Lipinski definition) is 1. The second kappa shape index (κ2) is 5.93. The first kappa shape index (κ1) is 14.2. The second-order valence-electron chi connectivity index (χ2n) is 5.94. The molecule has 0 amide bonds. The van der Waals surface area contributed by atoms with E-state index >= 15 is 0 Å². The molecule has 1 saturated carbocycles. The zero-order chi connectivity index (χ0) is 14.7. The quantitative estimate of drug-likeness (QED) is 0.936. The molecule has 0 atom stereocenters. The summed E-state index contributed by atoms with van der Waals surface area (Å²) in [4.78, 5) is 8.97. The Kier molecular flexibility index (Phi) is 4.01. The van der Waals surface area contributed by atoms with E-state index in [1.807, 2.05) is 32.2 Å². The van der Waals surface area contributed by atoms with Gasteiger partial charge in [-0.1, -0.05) is 30.5 Å². The molecular formula is C16H22N4O. The minimum Gasteiger partial charge on any atom is -0.339 e. The van der Waals surface area contributed by atoms with E-state index < -0.39 is 0 Å². The van der Waals surface area contributed by atoms with Crippen LogP contribution >= 0.6 is 0 Å². The third-order valence-corrected chi connectivity index (χ3v) is 4.42. The van der Waals surface area contributed by atoms with Crippen molar-refractivity contribution in [2.45, 2.75) is 51.0 Å². The van der Waals surface area contributed by atoms with E-state index in [4.69, 9.17) is 4.52 Å². The van der Waals surface area contributed by atoms with Gasteiger partial charge in [-0.15, -0.1) is 0 Å². The first-order chi connectivity index (χ1) is 10.2. The van der Waals surface area contributed by atoms with E-state index in [9.17, 15) is 0 Å². The Morgan fingerprint density at radius 1 is 1.19 bits per heavy atom. The van der Waals surface area contributed by atoms with Gasteiger partial charge in [0.05, 0.1) is 0 Å². The van der Waals surface area contributed by atoms with Crippen LogP contribution in [0.1, 0.15) is 43.7 Å². The first-order valence-electron chi connectivity index (χ1n) is 7.66. The highest BCUT2D eigenvalue weighted by Crippen LogP contribution is 2.31. The zero-order valence-corrected chi connectivity index (χ0v) is 12.7. The average molecular weight is 286 g/mol. The summed E-state index contributed by atoms with van der Waals surface area (Å²) < 4.78 is 5.45. The molecule has 2 aromatic rings. The molecule has 0 radical (unpaired) electrons. The van der Waals surface area contributed by atoms with Crippen LogP contribution in [0.4, 0.5) is 0 Å². The predicted octanol–water partition coefficient (Wildman–Crippen LogP) is 2.90. The van der Waals surface area contributed by atoms with Gasteiger partial charge in [-0.2, -0.15) is 4.98 Å². The van der Waals surface area contributed by atoms with Gasteiger partial charge in [-0.05, 0) is 38.9 Å². The van der Waals surface area contributed by atoms with Crippen LogP contribution in [0.15, 0.2) is 22.7 Å². The Morgan fingerprint density at radius 3 is 2.71 bits per heavy atom. The molecule has 1 N–H and O–H groups in total. The van der Waals surface area contributed by atoms with E-state index in [0.717, 1.165) is 17.8 Å². The number of aromatic nitrogens is 3. The summed E-state index contributed by atoms with van der Waals surface area (Å²) in [5, 5.41) is 7.56. The highest BCUT2D eigenvalue weighted by Gasteiger charge is 2.32. The van der Waals surface area contributed by atoms with E-state index in [1.54, 1.807) is 0 Å². The molecular weight excluding hydrogens is 264 g/mol. The van der Waals surface area contributed by atoms with Crippen molar-refractivity contribution in [2.24, 2.45) is 0 Å². The molecule has 5 nitrogen and oxygen atoms in total. The average Bonchev–Trinajstić information content (AvgIpc) is 2.96. The summed E-state index contributed by atoms with van der Waals surface area (Å²) in [5.41, 5.74) is 1.84. The number of pyridine rings is 1. The molecule has 0 aromatic carbocycles. The van der Waals surface area contributed by atoms with Crippen LogP contribution in [0.2, 0.25) is 0 Å². The molecule has 2 heterocycles. The molecule has 5 heteroatoms. The molecule has 0 bridgehead atoms. The van der Waals surface area contributed by atoms with Crippen molar-refractivity contribution in [3.63, 3.8) is 0 Å². The Balaban J connectivity index is 1.78. The monoisotopic (exact) mass is 286 g/mol. The molecule has 1 fully saturated rings. The summed E-state index contributed by atoms with van der Waals surface area (Å²) in [5.74, 6) is 1.28. The summed E-state index contributed by atoms with van der Waals surface area (Å²) in [6.45, 7) is 1.96. The summed E-state index contributed by atoms with van der Waals surface area (Å²) in [7, 11) is 2.03. The molecule has 1 aliphatic carbocycles. The minimum atomic E-state index is 0.113. The number of hydrogen-bond acceptors (Lipinski definition) is 5. The van der Waals surface area contributed by atoms with Crippen molar-refractivity contribution < 1.29 is 4.52 Å². The van der Waals surface area contributed by atoms with Gasteiger partial charge in [0.1, 0.15) is 5.69 Å². The van der Waals surface area contributed by atoms with Gasteiger partial charge in [0.25, 0.3) is 0 Å². The molecule has 0 saturated heterocycles. The van der Waals surface area contributed by atoms with Crippen molar-refractivity contribution >= 4 is 0 Å². The second-order valence-corrected chi connectivity index (χ2v) is 5.94. The first-order valence-corrected chi connectivity index (χ1v) is 7.66. The maximum absolute atomic E-state index is 5.45. The lowest BCUT2D eigenvalue weighted by molar-refractivity contribution is 0.221. The summed E-state index contributed by atoms with van der Waals surface area (Å²) in [6, 6.07) is 5.84. The van der Waals surface area contributed by atoms with Crippen LogP contribution in [-0.4, -0.2) is 27.7 Å². The predicted molar refractivity (Wildman–Crippen MR) is 80.8 cm³/mol. The van der Waals surface area contributed by atoms with Gasteiger partial charge in [0.15, 0.2) is 0 Å². The van der Waals surface area contributed by atoms with E-state index in [2.05, 4.69) is 20.4 Å². The van der Waals surface area contributed by atoms with Crippen molar-refractivity contribution in [1.29, 1.82) is 0 Å². The van der Waals surface area contributed by atoms with Crippen LogP contribution in [0.25, 0.3) is 11.5 Å². The summed E-state index contributed by atoms with van der Waals surface area (Å²) >= 11 is 0. The lowest BCUT2D eigenvalue weighted by atomic mass is 9.79. The van der Waals surface area contributed by atoms with Crippen LogP contribution in [0.3, 0.4) is 0 Å². The highest BCUT2D eigenvalue weighted by atomic mass is 16.5. The molecule has 0 unspecified atom stereocenters. The van der Waals surface area contributed by atoms with Crippen LogP contribution in [0, 0.1) is 6.92 Å². The van der Waals surface area contributed by atoms with Crippen molar-refractivity contribution in [2.75, 3.05) is 7.05 Å². The van der Waals surface area contributed by atoms with Gasteiger partial charge in [-0.3, -0.25) is 0 Å². The highest BCUT2D eigenvalue weighted by molar-refractivity contribution is 5.48. The number of aryl methyl sites for hydroxylation is 1. The number of likely N-dealkylation sites (N-methyl/N-ethyl adjacent to an activating group) is 1. The van der Waals surface area contributed by atoms with E-state index in [1.165, 1.54) is 32.1 Å². The van der Waals surface area contributed by atoms with Crippen molar-refractivity contribution in [3.05, 3.63) is 29.8 Å². The topological polar surface area (TPSA) is 63.8 Å². The lowest BCUT2D eigenvalue weighted by Gasteiger charge is -2.36. The van der Waals surface area contributed by atoms with Crippen molar-refractivity contribution in [1.82, 2.24) is 20.4 Å². The summed E-state index contributed by atoms with van der Waals surface area (Å²) in [6.07, 6.45) is 6.99. The van der Waals surface area contributed by atoms with E-state index in [0.29, 0.717) is 11.7 Å². The Bertz CT molecular complexity index is 602. The van der Waals surface area contributed by atoms with E-state index in [-0.39, 0.29) is 5.54 Å².